The van der Waals surface area contributed by atoms with E-state index < -0.39 is 0 Å². The first-order valence-corrected chi connectivity index (χ1v) is 10.8. The van der Waals surface area contributed by atoms with E-state index in [0.717, 1.165) is 45.4 Å². The minimum Gasteiger partial charge on any atom is -0.369 e. The average molecular weight is 441 g/mol. The van der Waals surface area contributed by atoms with Gasteiger partial charge in [-0.2, -0.15) is 0 Å². The van der Waals surface area contributed by atoms with Crippen LogP contribution >= 0.6 is 0 Å². The summed E-state index contributed by atoms with van der Waals surface area (Å²) in [4.78, 5) is 4.91. The molecule has 0 radical (unpaired) electrons. The van der Waals surface area contributed by atoms with E-state index in [-0.39, 0.29) is 0 Å². The third kappa shape index (κ3) is 4.63. The predicted molar refractivity (Wildman–Crippen MR) is 123 cm³/mol. The number of rotatable bonds is 8. The van der Waals surface area contributed by atoms with Gasteiger partial charge < -0.3 is 18.4 Å². The summed E-state index contributed by atoms with van der Waals surface area (Å²) in [6.07, 6.45) is 2.00. The van der Waals surface area contributed by atoms with E-state index in [1.807, 2.05) is 91.3 Å². The zero-order valence-electron chi connectivity index (χ0n) is 18.6. The van der Waals surface area contributed by atoms with Crippen LogP contribution in [0.4, 0.5) is 0 Å². The summed E-state index contributed by atoms with van der Waals surface area (Å²) in [7, 11) is 0. The van der Waals surface area contributed by atoms with Gasteiger partial charge in [-0.3, -0.25) is 0 Å². The van der Waals surface area contributed by atoms with Crippen LogP contribution in [0.5, 0.6) is 0 Å². The largest absolute Gasteiger partial charge is 0.369 e. The molecule has 5 aromatic rings. The van der Waals surface area contributed by atoms with Crippen molar-refractivity contribution in [3.63, 3.8) is 0 Å². The van der Waals surface area contributed by atoms with Crippen LogP contribution in [0.2, 0.25) is 0 Å². The van der Waals surface area contributed by atoms with Gasteiger partial charge in [-0.15, -0.1) is 0 Å². The fraction of sp³-hybridized carbons (Fsp3) is 0.192. The molecule has 0 aliphatic heterocycles. The Bertz CT molecular complexity index is 1340. The smallest absolute Gasteiger partial charge is 0.143 e. The quantitative estimate of drug-likeness (QED) is 0.314. The molecule has 0 saturated heterocycles. The van der Waals surface area contributed by atoms with Crippen molar-refractivity contribution in [3.8, 4) is 22.5 Å². The van der Waals surface area contributed by atoms with Gasteiger partial charge in [-0.1, -0.05) is 71.0 Å². The number of aromatic nitrogens is 4. The van der Waals surface area contributed by atoms with Crippen LogP contribution in [-0.2, 0) is 24.5 Å². The zero-order chi connectivity index (χ0) is 22.6. The van der Waals surface area contributed by atoms with Crippen molar-refractivity contribution < 1.29 is 13.8 Å². The Morgan fingerprint density at radius 3 is 2.36 bits per heavy atom. The molecule has 0 spiro atoms. The van der Waals surface area contributed by atoms with E-state index in [1.165, 1.54) is 0 Å². The maximum absolute atomic E-state index is 6.00. The monoisotopic (exact) mass is 440 g/mol. The highest BCUT2D eigenvalue weighted by Gasteiger charge is 2.21. The zero-order valence-corrected chi connectivity index (χ0v) is 18.6. The Kier molecular flexibility index (Phi) is 5.87. The van der Waals surface area contributed by atoms with Crippen molar-refractivity contribution in [1.82, 2.24) is 19.9 Å². The summed E-state index contributed by atoms with van der Waals surface area (Å²) in [6, 6.07) is 22.0. The Labute approximate surface area is 191 Å². The fourth-order valence-electron chi connectivity index (χ4n) is 3.80. The minimum absolute atomic E-state index is 0.358. The van der Waals surface area contributed by atoms with Gasteiger partial charge in [0.2, 0.25) is 0 Å². The molecule has 0 N–H and O–H groups in total. The summed E-state index contributed by atoms with van der Waals surface area (Å²) < 4.78 is 18.8. The second-order valence-corrected chi connectivity index (χ2v) is 7.91. The molecule has 0 aliphatic rings. The van der Waals surface area contributed by atoms with Crippen LogP contribution in [0.1, 0.15) is 28.6 Å². The third-order valence-corrected chi connectivity index (χ3v) is 5.38. The highest BCUT2D eigenvalue weighted by molar-refractivity contribution is 5.79. The number of imidazole rings is 1. The molecule has 0 atom stereocenters. The molecule has 7 nitrogen and oxygen atoms in total. The van der Waals surface area contributed by atoms with E-state index in [4.69, 9.17) is 18.8 Å². The Morgan fingerprint density at radius 2 is 1.64 bits per heavy atom. The third-order valence-electron chi connectivity index (χ3n) is 5.38. The fourth-order valence-corrected chi connectivity index (χ4v) is 3.80. The van der Waals surface area contributed by atoms with E-state index in [2.05, 4.69) is 10.3 Å². The molecule has 5 rings (SSSR count). The molecular formula is C26H24N4O3. The number of benzene rings is 2. The van der Waals surface area contributed by atoms with Crippen molar-refractivity contribution in [1.29, 1.82) is 0 Å². The first-order chi connectivity index (χ1) is 16.2. The van der Waals surface area contributed by atoms with Crippen LogP contribution in [0.3, 0.4) is 0 Å². The van der Waals surface area contributed by atoms with Gasteiger partial charge in [-0.25, -0.2) is 4.98 Å². The SMILES string of the molecule is Cc1cc(Cn2cc(-c3c(-c4ccccc4)noc3C)nc2COCc2ccccc2)no1. The van der Waals surface area contributed by atoms with Crippen LogP contribution in [0.25, 0.3) is 22.5 Å². The van der Waals surface area contributed by atoms with Crippen LogP contribution in [0, 0.1) is 13.8 Å². The topological polar surface area (TPSA) is 79.1 Å². The van der Waals surface area contributed by atoms with E-state index >= 15 is 0 Å². The molecule has 0 unspecified atom stereocenters. The highest BCUT2D eigenvalue weighted by atomic mass is 16.5. The standard InChI is InChI=1S/C26H24N4O3/c1-18-13-22(28-32-18)14-30-15-23(27-24(30)17-31-16-20-9-5-3-6-10-20)25-19(2)33-29-26(25)21-11-7-4-8-12-21/h3-13,15H,14,16-17H2,1-2H3. The van der Waals surface area contributed by atoms with Crippen molar-refractivity contribution in [2.45, 2.75) is 33.6 Å². The number of ether oxygens (including phenoxy) is 1. The van der Waals surface area contributed by atoms with Gasteiger partial charge in [0, 0.05) is 17.8 Å². The molecule has 0 bridgehead atoms. The van der Waals surface area contributed by atoms with E-state index in [1.54, 1.807) is 0 Å². The molecule has 0 amide bonds. The molecule has 3 heterocycles. The van der Waals surface area contributed by atoms with Gasteiger partial charge in [0.15, 0.2) is 0 Å². The van der Waals surface area contributed by atoms with Crippen molar-refractivity contribution in [2.75, 3.05) is 0 Å². The van der Waals surface area contributed by atoms with Gasteiger partial charge in [0.1, 0.15) is 35.3 Å². The van der Waals surface area contributed by atoms with Gasteiger partial charge in [0.05, 0.1) is 24.4 Å². The molecule has 2 aromatic carbocycles. The first kappa shape index (κ1) is 20.9. The normalized spacial score (nSPS) is 11.2. The molecular weight excluding hydrogens is 416 g/mol. The molecule has 33 heavy (non-hydrogen) atoms. The van der Waals surface area contributed by atoms with Gasteiger partial charge in [-0.05, 0) is 19.4 Å². The number of aryl methyl sites for hydroxylation is 2. The Hall–Kier alpha value is -3.97. The summed E-state index contributed by atoms with van der Waals surface area (Å²) in [5.74, 6) is 2.28. The lowest BCUT2D eigenvalue weighted by Gasteiger charge is -2.07. The average Bonchev–Trinajstić information content (AvgIpc) is 3.54. The second kappa shape index (κ2) is 9.26. The summed E-state index contributed by atoms with van der Waals surface area (Å²) >= 11 is 0. The molecule has 7 heteroatoms. The maximum Gasteiger partial charge on any atom is 0.143 e. The predicted octanol–water partition coefficient (Wildman–Crippen LogP) is 5.58. The van der Waals surface area contributed by atoms with Crippen molar-refractivity contribution in [3.05, 3.63) is 102 Å². The van der Waals surface area contributed by atoms with Crippen LogP contribution < -0.4 is 0 Å². The highest BCUT2D eigenvalue weighted by Crippen LogP contribution is 2.34. The Balaban J connectivity index is 1.47. The molecule has 0 aliphatic carbocycles. The first-order valence-electron chi connectivity index (χ1n) is 10.8. The van der Waals surface area contributed by atoms with Crippen LogP contribution in [-0.4, -0.2) is 19.9 Å². The summed E-state index contributed by atoms with van der Waals surface area (Å²) in [5, 5.41) is 8.45. The second-order valence-electron chi connectivity index (χ2n) is 7.91. The molecule has 0 fully saturated rings. The van der Waals surface area contributed by atoms with Crippen molar-refractivity contribution in [2.24, 2.45) is 0 Å². The Morgan fingerprint density at radius 1 is 0.879 bits per heavy atom. The number of hydrogen-bond acceptors (Lipinski definition) is 6. The summed E-state index contributed by atoms with van der Waals surface area (Å²) in [6.45, 7) is 5.18. The maximum atomic E-state index is 6.00. The van der Waals surface area contributed by atoms with E-state index in [0.29, 0.717) is 25.5 Å². The molecule has 0 saturated carbocycles. The lowest BCUT2D eigenvalue weighted by molar-refractivity contribution is 0.0995. The van der Waals surface area contributed by atoms with Gasteiger partial charge in [0.25, 0.3) is 0 Å². The molecule has 3 aromatic heterocycles. The molecule has 166 valence electrons. The van der Waals surface area contributed by atoms with E-state index in [9.17, 15) is 0 Å². The van der Waals surface area contributed by atoms with Crippen LogP contribution in [0.15, 0.2) is 82.0 Å². The minimum atomic E-state index is 0.358. The summed E-state index contributed by atoms with van der Waals surface area (Å²) in [5.41, 5.74) is 5.35. The van der Waals surface area contributed by atoms with Crippen molar-refractivity contribution >= 4 is 0 Å². The van der Waals surface area contributed by atoms with Gasteiger partial charge >= 0.3 is 0 Å². The number of hydrogen-bond donors (Lipinski definition) is 0. The number of nitrogens with zero attached hydrogens (tertiary/aromatic N) is 4. The lowest BCUT2D eigenvalue weighted by atomic mass is 10.0. The lowest BCUT2D eigenvalue weighted by Crippen LogP contribution is -2.06.